The zero-order chi connectivity index (χ0) is 17.4. The number of hydrogen-bond acceptors (Lipinski definition) is 3. The minimum atomic E-state index is -0.405. The van der Waals surface area contributed by atoms with E-state index in [-0.39, 0.29) is 11.4 Å². The van der Waals surface area contributed by atoms with E-state index in [9.17, 15) is 9.90 Å². The van der Waals surface area contributed by atoms with Gasteiger partial charge in [-0.3, -0.25) is 4.79 Å². The van der Waals surface area contributed by atoms with Gasteiger partial charge in [-0.25, -0.2) is 0 Å². The molecule has 3 nitrogen and oxygen atoms in total. The third kappa shape index (κ3) is 1.83. The Bertz CT molecular complexity index is 744. The van der Waals surface area contributed by atoms with E-state index in [1.54, 1.807) is 0 Å². The lowest BCUT2D eigenvalue weighted by Crippen LogP contribution is -2.51. The molecule has 4 aliphatic rings. The first-order valence-corrected chi connectivity index (χ1v) is 9.92. The highest BCUT2D eigenvalue weighted by Gasteiger charge is 2.73. The van der Waals surface area contributed by atoms with Gasteiger partial charge in [-0.1, -0.05) is 13.0 Å². The van der Waals surface area contributed by atoms with Gasteiger partial charge in [0.25, 0.3) is 0 Å². The number of hydrogen-bond donors (Lipinski definition) is 1. The van der Waals surface area contributed by atoms with E-state index in [4.69, 9.17) is 4.74 Å². The topological polar surface area (TPSA) is 46.5 Å². The van der Waals surface area contributed by atoms with Gasteiger partial charge in [-0.2, -0.15) is 0 Å². The Hall–Kier alpha value is -1.35. The molecule has 0 radical (unpaired) electrons. The minimum absolute atomic E-state index is 0.121. The van der Waals surface area contributed by atoms with Gasteiger partial charge in [-0.05, 0) is 91.9 Å². The first-order valence-electron chi connectivity index (χ1n) is 9.92. The predicted octanol–water partition coefficient (Wildman–Crippen LogP) is 4.36. The zero-order valence-electron chi connectivity index (χ0n) is 15.3. The molecular weight excluding hydrogens is 312 g/mol. The van der Waals surface area contributed by atoms with E-state index >= 15 is 0 Å². The third-order valence-corrected chi connectivity index (χ3v) is 8.75. The van der Waals surface area contributed by atoms with Crippen molar-refractivity contribution in [1.82, 2.24) is 0 Å². The van der Waals surface area contributed by atoms with Crippen molar-refractivity contribution in [2.45, 2.75) is 76.7 Å². The van der Waals surface area contributed by atoms with Crippen LogP contribution in [0.5, 0.6) is 5.75 Å². The van der Waals surface area contributed by atoms with Crippen LogP contribution >= 0.6 is 0 Å². The summed E-state index contributed by atoms with van der Waals surface area (Å²) >= 11 is 0. The van der Waals surface area contributed by atoms with E-state index in [0.29, 0.717) is 23.0 Å². The molecule has 3 saturated carbocycles. The van der Waals surface area contributed by atoms with Crippen LogP contribution in [0.4, 0.5) is 0 Å². The molecule has 0 saturated heterocycles. The fourth-order valence-electron chi connectivity index (χ4n) is 7.52. The van der Waals surface area contributed by atoms with E-state index < -0.39 is 5.60 Å². The molecule has 1 N–H and O–H groups in total. The molecule has 134 valence electrons. The summed E-state index contributed by atoms with van der Waals surface area (Å²) in [6.07, 6.45) is 9.05. The Morgan fingerprint density at radius 3 is 2.64 bits per heavy atom. The number of rotatable bonds is 1. The van der Waals surface area contributed by atoms with Crippen LogP contribution in [0.25, 0.3) is 0 Å². The van der Waals surface area contributed by atoms with Crippen molar-refractivity contribution in [1.29, 1.82) is 0 Å². The highest BCUT2D eigenvalue weighted by atomic mass is 16.5. The summed E-state index contributed by atoms with van der Waals surface area (Å²) in [6.45, 7) is 3.85. The summed E-state index contributed by atoms with van der Waals surface area (Å²) in [7, 11) is 0. The average molecular weight is 340 g/mol. The van der Waals surface area contributed by atoms with Crippen LogP contribution in [0, 0.1) is 16.7 Å². The lowest BCUT2D eigenvalue weighted by molar-refractivity contribution is -0.131. The van der Waals surface area contributed by atoms with Gasteiger partial charge in [0.05, 0.1) is 5.60 Å². The largest absolute Gasteiger partial charge is 0.427 e. The number of aryl methyl sites for hydroxylation is 1. The van der Waals surface area contributed by atoms with Crippen molar-refractivity contribution in [3.05, 3.63) is 29.3 Å². The molecule has 1 aromatic carbocycles. The second kappa shape index (κ2) is 4.88. The van der Waals surface area contributed by atoms with Crippen LogP contribution in [0.15, 0.2) is 18.2 Å². The average Bonchev–Trinajstić information content (AvgIpc) is 2.95. The first kappa shape index (κ1) is 15.9. The molecule has 1 aromatic rings. The van der Waals surface area contributed by atoms with Crippen LogP contribution < -0.4 is 4.74 Å². The molecule has 0 amide bonds. The van der Waals surface area contributed by atoms with Crippen LogP contribution in [-0.4, -0.2) is 16.7 Å². The Morgan fingerprint density at radius 2 is 1.92 bits per heavy atom. The number of carbonyl (C=O) groups is 1. The molecule has 3 atom stereocenters. The summed E-state index contributed by atoms with van der Waals surface area (Å²) in [5.74, 6) is 1.75. The molecule has 0 aliphatic heterocycles. The summed E-state index contributed by atoms with van der Waals surface area (Å²) in [6, 6.07) is 6.26. The zero-order valence-corrected chi connectivity index (χ0v) is 15.3. The van der Waals surface area contributed by atoms with Gasteiger partial charge < -0.3 is 9.84 Å². The monoisotopic (exact) mass is 340 g/mol. The molecule has 0 unspecified atom stereocenters. The molecule has 0 heterocycles. The Kier molecular flexibility index (Phi) is 3.10. The van der Waals surface area contributed by atoms with Gasteiger partial charge in [0.2, 0.25) is 0 Å². The fourth-order valence-corrected chi connectivity index (χ4v) is 7.52. The Balaban J connectivity index is 1.53. The number of aliphatic hydroxyl groups is 1. The van der Waals surface area contributed by atoms with Crippen LogP contribution in [0.3, 0.4) is 0 Å². The van der Waals surface area contributed by atoms with Gasteiger partial charge in [0, 0.05) is 12.3 Å². The summed E-state index contributed by atoms with van der Waals surface area (Å²) in [4.78, 5) is 11.2. The maximum absolute atomic E-state index is 11.2. The molecule has 0 spiro atoms. The van der Waals surface area contributed by atoms with Crippen molar-refractivity contribution in [3.8, 4) is 5.75 Å². The number of esters is 1. The minimum Gasteiger partial charge on any atom is -0.427 e. The normalized spacial score (nSPS) is 44.0. The van der Waals surface area contributed by atoms with Gasteiger partial charge >= 0.3 is 5.97 Å². The third-order valence-electron chi connectivity index (χ3n) is 8.75. The molecule has 25 heavy (non-hydrogen) atoms. The first-order chi connectivity index (χ1) is 11.9. The summed E-state index contributed by atoms with van der Waals surface area (Å²) in [5.41, 5.74) is 2.90. The maximum Gasteiger partial charge on any atom is 0.308 e. The molecule has 3 heteroatoms. The van der Waals surface area contributed by atoms with Crippen molar-refractivity contribution in [3.63, 3.8) is 0 Å². The van der Waals surface area contributed by atoms with Gasteiger partial charge in [0.1, 0.15) is 5.75 Å². The quantitative estimate of drug-likeness (QED) is 0.610. The molecular formula is C22H28O3. The second-order valence-corrected chi connectivity index (χ2v) is 9.26. The molecule has 4 aliphatic carbocycles. The molecule has 2 bridgehead atoms. The molecule has 0 aromatic heterocycles. The standard InChI is InChI=1S/C22H28O3/c1-14(23)25-16-4-5-17-15(13-16)3-6-19-18(17)7-8-20(2)21(19)9-11-22(20,24)12-10-21/h4-5,13,18-19,24H,3,6-12H2,1-2H3/t18-,19-,20+,21-,22+/m1/s1. The smallest absolute Gasteiger partial charge is 0.308 e. The highest BCUT2D eigenvalue weighted by Crippen LogP contribution is 2.77. The van der Waals surface area contributed by atoms with Gasteiger partial charge in [-0.15, -0.1) is 0 Å². The van der Waals surface area contributed by atoms with E-state index in [1.807, 2.05) is 6.07 Å². The predicted molar refractivity (Wildman–Crippen MR) is 95.5 cm³/mol. The second-order valence-electron chi connectivity index (χ2n) is 9.26. The number of carbonyl (C=O) groups excluding carboxylic acids is 1. The van der Waals surface area contributed by atoms with Crippen LogP contribution in [-0.2, 0) is 11.2 Å². The highest BCUT2D eigenvalue weighted by molar-refractivity contribution is 5.69. The Morgan fingerprint density at radius 1 is 1.16 bits per heavy atom. The number of benzene rings is 1. The van der Waals surface area contributed by atoms with E-state index in [1.165, 1.54) is 43.7 Å². The van der Waals surface area contributed by atoms with E-state index in [0.717, 1.165) is 25.7 Å². The fraction of sp³-hybridized carbons (Fsp3) is 0.682. The van der Waals surface area contributed by atoms with E-state index in [2.05, 4.69) is 19.1 Å². The molecule has 3 fully saturated rings. The van der Waals surface area contributed by atoms with Crippen molar-refractivity contribution in [2.75, 3.05) is 0 Å². The van der Waals surface area contributed by atoms with Crippen LogP contribution in [0.1, 0.15) is 75.8 Å². The van der Waals surface area contributed by atoms with Crippen LogP contribution in [0.2, 0.25) is 0 Å². The SMILES string of the molecule is CC(=O)Oc1ccc2c(c1)CC[C@@H]1[C@@H]2CC[C@]2(C)[C@]3(O)CC[C@@]12CC3. The molecule has 5 rings (SSSR count). The number of fused-ring (bicyclic) bond motifs is 3. The van der Waals surface area contributed by atoms with Crippen molar-refractivity contribution < 1.29 is 14.6 Å². The maximum atomic E-state index is 11.2. The summed E-state index contributed by atoms with van der Waals surface area (Å²) in [5, 5.41) is 11.2. The lowest BCUT2D eigenvalue weighted by Gasteiger charge is -2.56. The lowest BCUT2D eigenvalue weighted by atomic mass is 9.48. The van der Waals surface area contributed by atoms with Gasteiger partial charge in [0.15, 0.2) is 0 Å². The van der Waals surface area contributed by atoms with Crippen molar-refractivity contribution >= 4 is 5.97 Å². The van der Waals surface area contributed by atoms with Crippen molar-refractivity contribution in [2.24, 2.45) is 16.7 Å². The summed E-state index contributed by atoms with van der Waals surface area (Å²) < 4.78 is 5.29. The number of ether oxygens (including phenoxy) is 1. The Labute approximate surface area is 149 Å².